The lowest BCUT2D eigenvalue weighted by Crippen LogP contribution is -2.21. The van der Waals surface area contributed by atoms with Gasteiger partial charge in [0.25, 0.3) is 0 Å². The Balaban J connectivity index is 0.000000224. The van der Waals surface area contributed by atoms with Crippen molar-refractivity contribution in [3.8, 4) is 0 Å². The van der Waals surface area contributed by atoms with Crippen molar-refractivity contribution in [3.63, 3.8) is 0 Å². The second-order valence-corrected chi connectivity index (χ2v) is 3.47. The highest BCUT2D eigenvalue weighted by Crippen LogP contribution is 2.18. The van der Waals surface area contributed by atoms with Crippen LogP contribution in [0.5, 0.6) is 0 Å². The van der Waals surface area contributed by atoms with Crippen molar-refractivity contribution in [3.05, 3.63) is 29.8 Å². The minimum absolute atomic E-state index is 0.0909. The van der Waals surface area contributed by atoms with E-state index in [1.165, 1.54) is 12.3 Å². The summed E-state index contributed by atoms with van der Waals surface area (Å²) in [4.78, 5) is 12.7. The van der Waals surface area contributed by atoms with Gasteiger partial charge in [0.2, 0.25) is 0 Å². The normalized spacial score (nSPS) is 17.4. The smallest absolute Gasteiger partial charge is 0.475 e. The van der Waals surface area contributed by atoms with Gasteiger partial charge in [-0.1, -0.05) is 0 Å². The molecule has 0 amide bonds. The molecule has 0 aliphatic carbocycles. The van der Waals surface area contributed by atoms with Crippen LogP contribution in [0.1, 0.15) is 18.0 Å². The number of rotatable bonds is 1. The minimum atomic E-state index is -5.08. The fraction of sp³-hybridized carbons (Fsp3) is 0.300. The maximum absolute atomic E-state index is 12.7. The average Bonchev–Trinajstić information content (AvgIpc) is 2.81. The molecule has 0 saturated carbocycles. The van der Waals surface area contributed by atoms with E-state index < -0.39 is 12.1 Å². The van der Waals surface area contributed by atoms with Crippen LogP contribution in [0.3, 0.4) is 0 Å². The molecule has 9 heteroatoms. The van der Waals surface area contributed by atoms with E-state index in [9.17, 15) is 17.6 Å². The van der Waals surface area contributed by atoms with E-state index in [0.29, 0.717) is 0 Å². The molecule has 0 spiro atoms. The molecule has 1 aromatic heterocycles. The van der Waals surface area contributed by atoms with Gasteiger partial charge in [-0.25, -0.2) is 9.18 Å². The van der Waals surface area contributed by atoms with Gasteiger partial charge in [0.05, 0.1) is 12.2 Å². The van der Waals surface area contributed by atoms with E-state index in [1.807, 2.05) is 0 Å². The number of carboxylic acids is 1. The third-order valence-corrected chi connectivity index (χ3v) is 2.03. The van der Waals surface area contributed by atoms with Crippen LogP contribution in [-0.4, -0.2) is 28.5 Å². The monoisotopic (exact) mass is 279 g/mol. The molecule has 5 nitrogen and oxygen atoms in total. The number of halogens is 4. The molecular weight excluding hydrogens is 270 g/mol. The molecule has 2 heterocycles. The van der Waals surface area contributed by atoms with Gasteiger partial charge in [0, 0.05) is 18.8 Å². The molecule has 0 aromatic carbocycles. The number of carboxylic acid groups (broad SMARTS) is 1. The molecule has 1 atom stereocenters. The van der Waals surface area contributed by atoms with E-state index in [-0.39, 0.29) is 11.9 Å². The van der Waals surface area contributed by atoms with Crippen LogP contribution in [0.15, 0.2) is 23.6 Å². The summed E-state index contributed by atoms with van der Waals surface area (Å²) in [5.74, 6) is -3.06. The second kappa shape index (κ2) is 6.12. The van der Waals surface area contributed by atoms with Crippen molar-refractivity contribution < 1.29 is 27.5 Å². The zero-order valence-electron chi connectivity index (χ0n) is 9.36. The van der Waals surface area contributed by atoms with E-state index in [1.54, 1.807) is 12.4 Å². The molecule has 104 valence electrons. The standard InChI is InChI=1S/C8H8FN3.C2HF3O2/c9-7-3-6(4-10-5-7)8-1-2-11-12-8;3-2(4,5)1(6)7/h2-5,8,12H,1H2;(H,6,7). The van der Waals surface area contributed by atoms with Crippen LogP contribution in [0.25, 0.3) is 0 Å². The van der Waals surface area contributed by atoms with Gasteiger partial charge < -0.3 is 10.5 Å². The van der Waals surface area contributed by atoms with Crippen molar-refractivity contribution in [2.24, 2.45) is 5.10 Å². The SMILES string of the molecule is Fc1cncc(C2CC=NN2)c1.O=C(O)C(F)(F)F. The number of carbonyl (C=O) groups is 1. The molecule has 0 bridgehead atoms. The Bertz CT molecular complexity index is 468. The summed E-state index contributed by atoms with van der Waals surface area (Å²) in [6.07, 6.45) is 0.329. The van der Waals surface area contributed by atoms with Gasteiger partial charge >= 0.3 is 12.1 Å². The zero-order chi connectivity index (χ0) is 14.5. The fourth-order valence-electron chi connectivity index (χ4n) is 1.18. The Morgan fingerprint density at radius 2 is 2.05 bits per heavy atom. The molecule has 19 heavy (non-hydrogen) atoms. The maximum Gasteiger partial charge on any atom is 0.490 e. The van der Waals surface area contributed by atoms with E-state index in [2.05, 4.69) is 15.5 Å². The van der Waals surface area contributed by atoms with Gasteiger partial charge in [-0.3, -0.25) is 4.98 Å². The number of hydrazone groups is 1. The number of hydrogen-bond acceptors (Lipinski definition) is 4. The number of alkyl halides is 3. The predicted octanol–water partition coefficient (Wildman–Crippen LogP) is 1.87. The molecule has 1 unspecified atom stereocenters. The Hall–Kier alpha value is -2.19. The third kappa shape index (κ3) is 4.90. The third-order valence-electron chi connectivity index (χ3n) is 2.03. The van der Waals surface area contributed by atoms with Crippen LogP contribution in [-0.2, 0) is 4.79 Å². The van der Waals surface area contributed by atoms with Crippen LogP contribution >= 0.6 is 0 Å². The molecule has 1 aliphatic rings. The highest BCUT2D eigenvalue weighted by atomic mass is 19.4. The van der Waals surface area contributed by atoms with Crippen LogP contribution in [0.4, 0.5) is 17.6 Å². The van der Waals surface area contributed by atoms with Gasteiger partial charge in [0.1, 0.15) is 5.82 Å². The number of hydrogen-bond donors (Lipinski definition) is 2. The Morgan fingerprint density at radius 3 is 2.47 bits per heavy atom. The van der Waals surface area contributed by atoms with E-state index >= 15 is 0 Å². The first-order valence-electron chi connectivity index (χ1n) is 4.98. The van der Waals surface area contributed by atoms with Gasteiger partial charge in [-0.15, -0.1) is 0 Å². The minimum Gasteiger partial charge on any atom is -0.475 e. The van der Waals surface area contributed by atoms with Crippen molar-refractivity contribution in [1.82, 2.24) is 10.4 Å². The molecule has 1 aliphatic heterocycles. The molecule has 2 rings (SSSR count). The maximum atomic E-state index is 12.7. The number of pyridine rings is 1. The number of aliphatic carboxylic acids is 1. The van der Waals surface area contributed by atoms with Gasteiger partial charge in [0.15, 0.2) is 0 Å². The van der Waals surface area contributed by atoms with Crippen LogP contribution < -0.4 is 5.43 Å². The summed E-state index contributed by atoms with van der Waals surface area (Å²) in [6, 6.07) is 1.56. The van der Waals surface area contributed by atoms with E-state index in [4.69, 9.17) is 9.90 Å². The molecule has 0 radical (unpaired) electrons. The summed E-state index contributed by atoms with van der Waals surface area (Å²) < 4.78 is 44.4. The molecule has 0 fully saturated rings. The summed E-state index contributed by atoms with van der Waals surface area (Å²) in [6.45, 7) is 0. The first-order chi connectivity index (χ1) is 8.80. The van der Waals surface area contributed by atoms with Gasteiger partial charge in [-0.05, 0) is 11.6 Å². The summed E-state index contributed by atoms with van der Waals surface area (Å²) in [7, 11) is 0. The quantitative estimate of drug-likeness (QED) is 0.770. The van der Waals surface area contributed by atoms with Crippen molar-refractivity contribution in [2.45, 2.75) is 18.6 Å². The molecule has 0 saturated heterocycles. The second-order valence-electron chi connectivity index (χ2n) is 3.47. The molecular formula is C10H9F4N3O2. The lowest BCUT2D eigenvalue weighted by molar-refractivity contribution is -0.192. The van der Waals surface area contributed by atoms with Gasteiger partial charge in [-0.2, -0.15) is 18.3 Å². The average molecular weight is 279 g/mol. The van der Waals surface area contributed by atoms with Crippen LogP contribution in [0.2, 0.25) is 0 Å². The number of aromatic nitrogens is 1. The first-order valence-corrected chi connectivity index (χ1v) is 4.98. The van der Waals surface area contributed by atoms with Crippen molar-refractivity contribution in [1.29, 1.82) is 0 Å². The van der Waals surface area contributed by atoms with Crippen LogP contribution in [0, 0.1) is 5.82 Å². The highest BCUT2D eigenvalue weighted by molar-refractivity contribution is 5.73. The molecule has 2 N–H and O–H groups in total. The van der Waals surface area contributed by atoms with Crippen molar-refractivity contribution in [2.75, 3.05) is 0 Å². The lowest BCUT2D eigenvalue weighted by atomic mass is 10.1. The summed E-state index contributed by atoms with van der Waals surface area (Å²) >= 11 is 0. The number of nitrogens with zero attached hydrogens (tertiary/aromatic N) is 2. The number of nitrogens with one attached hydrogen (secondary N) is 1. The lowest BCUT2D eigenvalue weighted by Gasteiger charge is -2.08. The van der Waals surface area contributed by atoms with Crippen molar-refractivity contribution >= 4 is 12.2 Å². The molecule has 1 aromatic rings. The predicted molar refractivity (Wildman–Crippen MR) is 56.9 cm³/mol. The zero-order valence-corrected chi connectivity index (χ0v) is 9.36. The first kappa shape index (κ1) is 14.9. The largest absolute Gasteiger partial charge is 0.490 e. The Labute approximate surface area is 105 Å². The summed E-state index contributed by atoms with van der Waals surface area (Å²) in [5.41, 5.74) is 3.70. The highest BCUT2D eigenvalue weighted by Gasteiger charge is 2.38. The Kier molecular flexibility index (Phi) is 4.79. The fourth-order valence-corrected chi connectivity index (χ4v) is 1.18. The topological polar surface area (TPSA) is 74.6 Å². The Morgan fingerprint density at radius 1 is 1.42 bits per heavy atom. The summed E-state index contributed by atoms with van der Waals surface area (Å²) in [5, 5.41) is 11.0. The van der Waals surface area contributed by atoms with E-state index in [0.717, 1.165) is 12.0 Å².